The van der Waals surface area contributed by atoms with Crippen molar-refractivity contribution in [3.63, 3.8) is 0 Å². The first-order valence-corrected chi connectivity index (χ1v) is 9.42. The molecule has 2 aliphatic rings. The van der Waals surface area contributed by atoms with Gasteiger partial charge >= 0.3 is 6.09 Å². The van der Waals surface area contributed by atoms with E-state index < -0.39 is 0 Å². The molecule has 0 saturated carbocycles. The molecule has 138 valence electrons. The molecule has 0 aliphatic carbocycles. The van der Waals surface area contributed by atoms with E-state index in [2.05, 4.69) is 28.4 Å². The van der Waals surface area contributed by atoms with Gasteiger partial charge in [-0.15, -0.1) is 0 Å². The molecule has 2 heterocycles. The number of piperidine rings is 1. The van der Waals surface area contributed by atoms with E-state index in [0.29, 0.717) is 30.4 Å². The van der Waals surface area contributed by atoms with Crippen LogP contribution in [0.15, 0.2) is 24.3 Å². The van der Waals surface area contributed by atoms with Gasteiger partial charge in [-0.2, -0.15) is 5.26 Å². The van der Waals surface area contributed by atoms with E-state index in [-0.39, 0.29) is 12.2 Å². The Morgan fingerprint density at radius 3 is 2.58 bits per heavy atom. The van der Waals surface area contributed by atoms with Crippen molar-refractivity contribution in [1.82, 2.24) is 5.32 Å². The van der Waals surface area contributed by atoms with E-state index in [0.717, 1.165) is 37.3 Å². The van der Waals surface area contributed by atoms with Gasteiger partial charge in [0.2, 0.25) is 0 Å². The Morgan fingerprint density at radius 1 is 1.31 bits per heavy atom. The number of carbonyl (C=O) groups is 1. The summed E-state index contributed by atoms with van der Waals surface area (Å²) < 4.78 is 5.39. The van der Waals surface area contributed by atoms with Crippen molar-refractivity contribution in [2.24, 2.45) is 5.92 Å². The Kier molecular flexibility index (Phi) is 5.94. The van der Waals surface area contributed by atoms with Crippen molar-refractivity contribution in [2.75, 3.05) is 36.0 Å². The third kappa shape index (κ3) is 4.44. The molecule has 2 aliphatic heterocycles. The molecule has 1 atom stereocenters. The zero-order valence-corrected chi connectivity index (χ0v) is 15.8. The summed E-state index contributed by atoms with van der Waals surface area (Å²) >= 11 is 5.00. The number of rotatable bonds is 5. The van der Waals surface area contributed by atoms with E-state index in [1.54, 1.807) is 4.90 Å². The van der Waals surface area contributed by atoms with E-state index in [9.17, 15) is 4.79 Å². The van der Waals surface area contributed by atoms with Crippen molar-refractivity contribution in [3.8, 4) is 6.07 Å². The Balaban J connectivity index is 1.57. The van der Waals surface area contributed by atoms with Crippen LogP contribution in [-0.2, 0) is 4.74 Å². The fourth-order valence-electron chi connectivity index (χ4n) is 3.46. The molecule has 1 amide bonds. The molecular weight excluding hydrogens is 348 g/mol. The predicted molar refractivity (Wildman–Crippen MR) is 105 cm³/mol. The monoisotopic (exact) mass is 372 g/mol. The van der Waals surface area contributed by atoms with Gasteiger partial charge in [0, 0.05) is 30.9 Å². The second kappa shape index (κ2) is 8.37. The van der Waals surface area contributed by atoms with Gasteiger partial charge in [-0.25, -0.2) is 4.79 Å². The molecule has 0 spiro atoms. The first-order valence-electron chi connectivity index (χ1n) is 9.01. The van der Waals surface area contributed by atoms with Crippen LogP contribution in [0.5, 0.6) is 0 Å². The molecule has 2 saturated heterocycles. The number of cyclic esters (lactones) is 1. The van der Waals surface area contributed by atoms with Crippen LogP contribution in [0, 0.1) is 17.2 Å². The summed E-state index contributed by atoms with van der Waals surface area (Å²) in [5, 5.41) is 11.9. The Labute approximate surface area is 159 Å². The molecule has 7 heteroatoms. The van der Waals surface area contributed by atoms with Crippen molar-refractivity contribution in [3.05, 3.63) is 24.3 Å². The van der Waals surface area contributed by atoms with Crippen LogP contribution in [0.25, 0.3) is 0 Å². The van der Waals surface area contributed by atoms with Crippen LogP contribution in [0.3, 0.4) is 0 Å². The second-order valence-corrected chi connectivity index (χ2v) is 7.47. The minimum Gasteiger partial charge on any atom is -0.442 e. The maximum atomic E-state index is 12.1. The number of benzene rings is 1. The number of nitrogens with one attached hydrogen (secondary N) is 1. The topological polar surface area (TPSA) is 68.6 Å². The van der Waals surface area contributed by atoms with Crippen molar-refractivity contribution < 1.29 is 9.53 Å². The van der Waals surface area contributed by atoms with Gasteiger partial charge in [-0.1, -0.05) is 12.2 Å². The Hall–Kier alpha value is -2.33. The second-order valence-electron chi connectivity index (χ2n) is 6.86. The van der Waals surface area contributed by atoms with Crippen LogP contribution >= 0.6 is 12.2 Å². The summed E-state index contributed by atoms with van der Waals surface area (Å²) in [6, 6.07) is 10.3. The van der Waals surface area contributed by atoms with E-state index in [1.807, 2.05) is 19.1 Å². The number of hydrogen-bond acceptors (Lipinski definition) is 5. The predicted octanol–water partition coefficient (Wildman–Crippen LogP) is 3.08. The number of nitriles is 1. The standard InChI is InChI=1S/C19H24N4O2S/c1-14(26)21-12-18-13-23(19(24)25-18)17-4-2-16(3-5-17)22-10-7-15(6-9-20)8-11-22/h2-5,15,18H,6-8,10-13H2,1H3,(H,21,26). The number of anilines is 2. The zero-order valence-electron chi connectivity index (χ0n) is 15.0. The molecule has 1 aromatic carbocycles. The summed E-state index contributed by atoms with van der Waals surface area (Å²) in [7, 11) is 0. The lowest BCUT2D eigenvalue weighted by Gasteiger charge is -2.33. The molecule has 0 radical (unpaired) electrons. The quantitative estimate of drug-likeness (QED) is 0.801. The van der Waals surface area contributed by atoms with Gasteiger partial charge in [0.25, 0.3) is 0 Å². The number of amides is 1. The maximum Gasteiger partial charge on any atom is 0.414 e. The summed E-state index contributed by atoms with van der Waals surface area (Å²) in [5.74, 6) is 0.524. The summed E-state index contributed by atoms with van der Waals surface area (Å²) in [6.45, 7) is 4.82. The molecule has 26 heavy (non-hydrogen) atoms. The minimum absolute atomic E-state index is 0.195. The van der Waals surface area contributed by atoms with E-state index >= 15 is 0 Å². The lowest BCUT2D eigenvalue weighted by molar-refractivity contribution is 0.143. The number of hydrogen-bond donors (Lipinski definition) is 1. The summed E-state index contributed by atoms with van der Waals surface area (Å²) in [6.07, 6.45) is 2.26. The van der Waals surface area contributed by atoms with Crippen molar-refractivity contribution in [1.29, 1.82) is 5.26 Å². The average molecular weight is 372 g/mol. The van der Waals surface area contributed by atoms with Crippen LogP contribution in [0.2, 0.25) is 0 Å². The molecule has 0 bridgehead atoms. The van der Waals surface area contributed by atoms with Gasteiger partial charge < -0.3 is 15.0 Å². The SMILES string of the molecule is CC(=S)NCC1CN(c2ccc(N3CCC(CC#N)CC3)cc2)C(=O)O1. The first kappa shape index (κ1) is 18.5. The lowest BCUT2D eigenvalue weighted by Crippen LogP contribution is -2.33. The molecule has 0 aromatic heterocycles. The molecule has 1 unspecified atom stereocenters. The van der Waals surface area contributed by atoms with Crippen molar-refractivity contribution in [2.45, 2.75) is 32.3 Å². The maximum absolute atomic E-state index is 12.1. The van der Waals surface area contributed by atoms with Gasteiger partial charge in [-0.05, 0) is 49.9 Å². The highest BCUT2D eigenvalue weighted by Gasteiger charge is 2.32. The van der Waals surface area contributed by atoms with Gasteiger partial charge in [0.1, 0.15) is 6.10 Å². The Morgan fingerprint density at radius 2 is 1.96 bits per heavy atom. The van der Waals surface area contributed by atoms with Gasteiger partial charge in [0.15, 0.2) is 0 Å². The highest BCUT2D eigenvalue weighted by Crippen LogP contribution is 2.28. The third-order valence-corrected chi connectivity index (χ3v) is 5.12. The van der Waals surface area contributed by atoms with E-state index in [4.69, 9.17) is 22.2 Å². The van der Waals surface area contributed by atoms with Crippen LogP contribution in [-0.4, -0.2) is 43.4 Å². The molecular formula is C19H24N4O2S. The lowest BCUT2D eigenvalue weighted by atomic mass is 9.94. The minimum atomic E-state index is -0.316. The number of ether oxygens (including phenoxy) is 1. The Bertz CT molecular complexity index is 692. The molecule has 3 rings (SSSR count). The van der Waals surface area contributed by atoms with E-state index in [1.165, 1.54) is 0 Å². The summed E-state index contributed by atoms with van der Waals surface area (Å²) in [4.78, 5) is 16.8. The summed E-state index contributed by atoms with van der Waals surface area (Å²) in [5.41, 5.74) is 2.01. The molecule has 2 fully saturated rings. The third-order valence-electron chi connectivity index (χ3n) is 4.97. The first-order chi connectivity index (χ1) is 12.6. The normalized spacial score (nSPS) is 20.6. The van der Waals surface area contributed by atoms with Crippen LogP contribution in [0.1, 0.15) is 26.2 Å². The van der Waals surface area contributed by atoms with Gasteiger partial charge in [0.05, 0.1) is 24.1 Å². The fourth-order valence-corrected chi connectivity index (χ4v) is 3.55. The van der Waals surface area contributed by atoms with Crippen LogP contribution in [0.4, 0.5) is 16.2 Å². The van der Waals surface area contributed by atoms with Crippen LogP contribution < -0.4 is 15.1 Å². The zero-order chi connectivity index (χ0) is 18.5. The number of carbonyl (C=O) groups excluding carboxylic acids is 1. The molecule has 1 N–H and O–H groups in total. The number of nitrogens with zero attached hydrogens (tertiary/aromatic N) is 3. The molecule has 6 nitrogen and oxygen atoms in total. The van der Waals surface area contributed by atoms with Crippen molar-refractivity contribution >= 4 is 34.7 Å². The van der Waals surface area contributed by atoms with Gasteiger partial charge in [-0.3, -0.25) is 4.90 Å². The highest BCUT2D eigenvalue weighted by molar-refractivity contribution is 7.80. The highest BCUT2D eigenvalue weighted by atomic mass is 32.1. The number of thiocarbonyl (C=S) groups is 1. The average Bonchev–Trinajstić information content (AvgIpc) is 3.02. The smallest absolute Gasteiger partial charge is 0.414 e. The molecule has 1 aromatic rings. The largest absolute Gasteiger partial charge is 0.442 e. The fraction of sp³-hybridized carbons (Fsp3) is 0.526.